The lowest BCUT2D eigenvalue weighted by Gasteiger charge is -2.28. The highest BCUT2D eigenvalue weighted by molar-refractivity contribution is 4.88. The maximum absolute atomic E-state index is 9.44. The monoisotopic (exact) mass is 212 g/mol. The largest absolute Gasteiger partial charge is 0.393 e. The number of rotatable bonds is 2. The number of hydrogen-bond acceptors (Lipinski definition) is 3. The third kappa shape index (κ3) is 2.92. The average molecular weight is 212 g/mol. The van der Waals surface area contributed by atoms with Gasteiger partial charge in [0.25, 0.3) is 0 Å². The highest BCUT2D eigenvalue weighted by Gasteiger charge is 2.28. The summed E-state index contributed by atoms with van der Waals surface area (Å²) < 4.78 is 0. The Kier molecular flexibility index (Phi) is 3.65. The lowest BCUT2D eigenvalue weighted by molar-refractivity contribution is 0.114. The fourth-order valence-electron chi connectivity index (χ4n) is 2.89. The minimum Gasteiger partial charge on any atom is -0.393 e. The molecule has 1 aliphatic heterocycles. The van der Waals surface area contributed by atoms with Gasteiger partial charge in [-0.2, -0.15) is 0 Å². The van der Waals surface area contributed by atoms with Crippen molar-refractivity contribution in [1.82, 2.24) is 10.2 Å². The minimum atomic E-state index is -0.0341. The summed E-state index contributed by atoms with van der Waals surface area (Å²) in [6, 6.07) is 2.04. The summed E-state index contributed by atoms with van der Waals surface area (Å²) in [4.78, 5) is 2.43. The summed E-state index contributed by atoms with van der Waals surface area (Å²) in [6.45, 7) is 3.48. The van der Waals surface area contributed by atoms with Crippen LogP contribution >= 0.6 is 0 Å². The van der Waals surface area contributed by atoms with Gasteiger partial charge in [-0.15, -0.1) is 0 Å². The molecule has 1 heterocycles. The fourth-order valence-corrected chi connectivity index (χ4v) is 2.89. The van der Waals surface area contributed by atoms with Crippen molar-refractivity contribution in [2.75, 3.05) is 13.6 Å². The van der Waals surface area contributed by atoms with E-state index in [1.54, 1.807) is 0 Å². The van der Waals surface area contributed by atoms with Crippen molar-refractivity contribution in [2.45, 2.75) is 63.3 Å². The number of nitrogens with zero attached hydrogens (tertiary/aromatic N) is 1. The number of likely N-dealkylation sites (tertiary alicyclic amines) is 1. The molecule has 0 amide bonds. The highest BCUT2D eigenvalue weighted by atomic mass is 16.3. The van der Waals surface area contributed by atoms with Crippen LogP contribution in [0, 0.1) is 0 Å². The van der Waals surface area contributed by atoms with E-state index in [1.807, 2.05) is 0 Å². The van der Waals surface area contributed by atoms with Gasteiger partial charge in [-0.25, -0.2) is 0 Å². The molecular formula is C12H24N2O. The molecule has 0 spiro atoms. The molecular weight excluding hydrogens is 188 g/mol. The number of likely N-dealkylation sites (N-methyl/N-ethyl adjacent to an activating group) is 1. The Morgan fingerprint density at radius 1 is 1.13 bits per heavy atom. The molecule has 3 heteroatoms. The molecule has 1 saturated heterocycles. The smallest absolute Gasteiger partial charge is 0.0541 e. The van der Waals surface area contributed by atoms with Crippen LogP contribution < -0.4 is 5.32 Å². The molecule has 0 aromatic rings. The van der Waals surface area contributed by atoms with E-state index in [1.165, 1.54) is 13.0 Å². The van der Waals surface area contributed by atoms with Gasteiger partial charge in [0, 0.05) is 24.7 Å². The second kappa shape index (κ2) is 4.81. The number of hydrogen-bond donors (Lipinski definition) is 2. The zero-order valence-corrected chi connectivity index (χ0v) is 9.95. The van der Waals surface area contributed by atoms with Crippen molar-refractivity contribution >= 4 is 0 Å². The molecule has 3 nitrogen and oxygen atoms in total. The lowest BCUT2D eigenvalue weighted by atomic mass is 9.92. The van der Waals surface area contributed by atoms with Crippen LogP contribution in [0.2, 0.25) is 0 Å². The van der Waals surface area contributed by atoms with Crippen LogP contribution in [0.25, 0.3) is 0 Å². The summed E-state index contributed by atoms with van der Waals surface area (Å²) in [5.74, 6) is 0. The fraction of sp³-hybridized carbons (Fsp3) is 1.00. The first-order chi connectivity index (χ1) is 7.15. The molecule has 2 aliphatic rings. The van der Waals surface area contributed by atoms with Crippen molar-refractivity contribution < 1.29 is 5.11 Å². The second-order valence-electron chi connectivity index (χ2n) is 5.39. The van der Waals surface area contributed by atoms with Gasteiger partial charge in [0.1, 0.15) is 0 Å². The van der Waals surface area contributed by atoms with Crippen LogP contribution in [0.5, 0.6) is 0 Å². The topological polar surface area (TPSA) is 35.5 Å². The van der Waals surface area contributed by atoms with Crippen molar-refractivity contribution in [3.63, 3.8) is 0 Å². The summed E-state index contributed by atoms with van der Waals surface area (Å²) in [5, 5.41) is 13.2. The summed E-state index contributed by atoms with van der Waals surface area (Å²) in [5.41, 5.74) is 0. The first-order valence-corrected chi connectivity index (χ1v) is 6.29. The maximum Gasteiger partial charge on any atom is 0.0541 e. The molecule has 2 atom stereocenters. The van der Waals surface area contributed by atoms with E-state index in [-0.39, 0.29) is 6.10 Å². The van der Waals surface area contributed by atoms with Crippen LogP contribution in [-0.2, 0) is 0 Å². The molecule has 0 aromatic heterocycles. The molecule has 1 saturated carbocycles. The van der Waals surface area contributed by atoms with Gasteiger partial charge in [0.15, 0.2) is 0 Å². The number of aliphatic hydroxyl groups excluding tert-OH is 1. The predicted molar refractivity (Wildman–Crippen MR) is 61.9 cm³/mol. The third-order valence-electron chi connectivity index (χ3n) is 4.05. The van der Waals surface area contributed by atoms with Crippen molar-refractivity contribution in [2.24, 2.45) is 0 Å². The van der Waals surface area contributed by atoms with Crippen molar-refractivity contribution in [3.05, 3.63) is 0 Å². The molecule has 0 radical (unpaired) electrons. The van der Waals surface area contributed by atoms with Gasteiger partial charge >= 0.3 is 0 Å². The van der Waals surface area contributed by atoms with Gasteiger partial charge in [-0.1, -0.05) is 0 Å². The standard InChI is InChI=1S/C12H24N2O/c1-9-7-11(8-14(9)2)13-10-3-5-12(15)6-4-10/h9-13,15H,3-8H2,1-2H3. The summed E-state index contributed by atoms with van der Waals surface area (Å²) >= 11 is 0. The van der Waals surface area contributed by atoms with Crippen LogP contribution in [0.15, 0.2) is 0 Å². The van der Waals surface area contributed by atoms with E-state index in [9.17, 15) is 5.11 Å². The third-order valence-corrected chi connectivity index (χ3v) is 4.05. The molecule has 2 rings (SSSR count). The Morgan fingerprint density at radius 3 is 2.33 bits per heavy atom. The van der Waals surface area contributed by atoms with Crippen LogP contribution in [-0.4, -0.2) is 47.8 Å². The van der Waals surface area contributed by atoms with Gasteiger partial charge in [-0.3, -0.25) is 0 Å². The van der Waals surface area contributed by atoms with Gasteiger partial charge in [0.05, 0.1) is 6.10 Å². The quantitative estimate of drug-likeness (QED) is 0.716. The van der Waals surface area contributed by atoms with Crippen molar-refractivity contribution in [3.8, 4) is 0 Å². The first kappa shape index (κ1) is 11.4. The van der Waals surface area contributed by atoms with Crippen LogP contribution in [0.3, 0.4) is 0 Å². The van der Waals surface area contributed by atoms with Gasteiger partial charge < -0.3 is 15.3 Å². The number of aliphatic hydroxyl groups is 1. The molecule has 0 bridgehead atoms. The highest BCUT2D eigenvalue weighted by Crippen LogP contribution is 2.21. The zero-order valence-electron chi connectivity index (χ0n) is 9.95. The van der Waals surface area contributed by atoms with E-state index in [4.69, 9.17) is 0 Å². The van der Waals surface area contributed by atoms with Gasteiger partial charge in [-0.05, 0) is 46.1 Å². The van der Waals surface area contributed by atoms with E-state index in [0.717, 1.165) is 31.7 Å². The Hall–Kier alpha value is -0.120. The SMILES string of the molecule is CC1CC(NC2CCC(O)CC2)CN1C. The lowest BCUT2D eigenvalue weighted by Crippen LogP contribution is -2.42. The van der Waals surface area contributed by atoms with E-state index >= 15 is 0 Å². The first-order valence-electron chi connectivity index (χ1n) is 6.29. The molecule has 2 N–H and O–H groups in total. The Labute approximate surface area is 92.8 Å². The molecule has 2 fully saturated rings. The average Bonchev–Trinajstić information content (AvgIpc) is 2.50. The minimum absolute atomic E-state index is 0.0341. The van der Waals surface area contributed by atoms with E-state index in [2.05, 4.69) is 24.2 Å². The van der Waals surface area contributed by atoms with E-state index < -0.39 is 0 Å². The number of nitrogens with one attached hydrogen (secondary N) is 1. The van der Waals surface area contributed by atoms with Crippen LogP contribution in [0.1, 0.15) is 39.0 Å². The Balaban J connectivity index is 1.73. The molecule has 15 heavy (non-hydrogen) atoms. The molecule has 0 aromatic carbocycles. The van der Waals surface area contributed by atoms with Crippen molar-refractivity contribution in [1.29, 1.82) is 0 Å². The summed E-state index contributed by atoms with van der Waals surface area (Å²) in [6.07, 6.45) is 5.50. The molecule has 2 unspecified atom stereocenters. The Bertz CT molecular complexity index is 192. The Morgan fingerprint density at radius 2 is 1.80 bits per heavy atom. The normalized spacial score (nSPS) is 43.4. The van der Waals surface area contributed by atoms with Crippen LogP contribution in [0.4, 0.5) is 0 Å². The predicted octanol–water partition coefficient (Wildman–Crippen LogP) is 0.972. The second-order valence-corrected chi connectivity index (χ2v) is 5.39. The van der Waals surface area contributed by atoms with Gasteiger partial charge in [0.2, 0.25) is 0 Å². The molecule has 1 aliphatic carbocycles. The summed E-state index contributed by atoms with van der Waals surface area (Å²) in [7, 11) is 2.21. The molecule has 88 valence electrons. The maximum atomic E-state index is 9.44. The zero-order chi connectivity index (χ0) is 10.8. The van der Waals surface area contributed by atoms with E-state index in [0.29, 0.717) is 12.1 Å².